The van der Waals surface area contributed by atoms with Crippen molar-refractivity contribution >= 4 is 46.3 Å². The number of carbonyl (C=O) groups is 3. The number of fused-ring (bicyclic) bond motifs is 2. The fourth-order valence-corrected chi connectivity index (χ4v) is 4.72. The Balaban J connectivity index is 1.32. The molecule has 0 bridgehead atoms. The Morgan fingerprint density at radius 1 is 1.20 bits per heavy atom. The molecule has 1 fully saturated rings. The monoisotopic (exact) mass is 505 g/mol. The van der Waals surface area contributed by atoms with Crippen molar-refractivity contribution in [1.82, 2.24) is 20.2 Å². The van der Waals surface area contributed by atoms with Crippen LogP contribution in [-0.2, 0) is 28.9 Å². The van der Waals surface area contributed by atoms with Crippen molar-refractivity contribution in [3.05, 3.63) is 57.6 Å². The molecule has 8 nitrogen and oxygen atoms in total. The van der Waals surface area contributed by atoms with Gasteiger partial charge in [-0.3, -0.25) is 19.7 Å². The van der Waals surface area contributed by atoms with Gasteiger partial charge in [0.25, 0.3) is 11.8 Å². The normalized spacial score (nSPS) is 20.4. The third kappa shape index (κ3) is 3.99. The lowest BCUT2D eigenvalue weighted by atomic mass is 9.89. The Morgan fingerprint density at radius 2 is 1.97 bits per heavy atom. The predicted octanol–water partition coefficient (Wildman–Crippen LogP) is 4.00. The second kappa shape index (κ2) is 7.98. The van der Waals surface area contributed by atoms with E-state index in [0.717, 1.165) is 23.3 Å². The van der Waals surface area contributed by atoms with E-state index in [9.17, 15) is 27.6 Å². The van der Waals surface area contributed by atoms with Gasteiger partial charge in [0.2, 0.25) is 11.9 Å². The molecule has 3 heterocycles. The van der Waals surface area contributed by atoms with Gasteiger partial charge < -0.3 is 15.2 Å². The number of nitrogens with zero attached hydrogens (tertiary/aromatic N) is 2. The Bertz CT molecular complexity index is 1400. The number of nitrogens with one attached hydrogen (secondary N) is 3. The number of aromatic nitrogens is 2. The molecule has 2 aliphatic heterocycles. The summed E-state index contributed by atoms with van der Waals surface area (Å²) in [4.78, 5) is 45.5. The maximum absolute atomic E-state index is 13.1. The van der Waals surface area contributed by atoms with Gasteiger partial charge in [-0.25, -0.2) is 4.98 Å². The second-order valence-corrected chi connectivity index (χ2v) is 9.23. The predicted molar refractivity (Wildman–Crippen MR) is 121 cm³/mol. The van der Waals surface area contributed by atoms with Crippen molar-refractivity contribution < 1.29 is 27.6 Å². The zero-order valence-corrected chi connectivity index (χ0v) is 19.1. The molecule has 1 saturated heterocycles. The first-order valence-electron chi connectivity index (χ1n) is 10.7. The molecule has 1 atom stereocenters. The zero-order chi connectivity index (χ0) is 25.1. The minimum atomic E-state index is -4.58. The van der Waals surface area contributed by atoms with Crippen LogP contribution in [0.1, 0.15) is 46.8 Å². The summed E-state index contributed by atoms with van der Waals surface area (Å²) in [6, 6.07) is 7.34. The Hall–Kier alpha value is -3.60. The molecular weight excluding hydrogens is 487 g/mol. The van der Waals surface area contributed by atoms with Crippen LogP contribution in [0.5, 0.6) is 0 Å². The van der Waals surface area contributed by atoms with Gasteiger partial charge in [-0.05, 0) is 42.7 Å². The minimum absolute atomic E-state index is 0.157. The summed E-state index contributed by atoms with van der Waals surface area (Å²) in [6.45, 7) is 2.16. The molecule has 0 spiro atoms. The van der Waals surface area contributed by atoms with Gasteiger partial charge in [0.05, 0.1) is 21.6 Å². The molecule has 182 valence electrons. The Kier molecular flexibility index (Phi) is 5.28. The lowest BCUT2D eigenvalue weighted by Crippen LogP contribution is -2.61. The number of alkyl halides is 3. The Labute approximate surface area is 201 Å². The van der Waals surface area contributed by atoms with E-state index in [-0.39, 0.29) is 54.7 Å². The number of anilines is 1. The van der Waals surface area contributed by atoms with Gasteiger partial charge in [0, 0.05) is 25.1 Å². The van der Waals surface area contributed by atoms with Crippen LogP contribution < -0.4 is 10.6 Å². The molecule has 35 heavy (non-hydrogen) atoms. The minimum Gasteiger partial charge on any atom is -0.352 e. The number of benzene rings is 2. The van der Waals surface area contributed by atoms with E-state index in [4.69, 9.17) is 11.6 Å². The number of imidazole rings is 1. The maximum Gasteiger partial charge on any atom is 0.417 e. The van der Waals surface area contributed by atoms with E-state index in [1.54, 1.807) is 19.1 Å². The van der Waals surface area contributed by atoms with E-state index < -0.39 is 28.2 Å². The van der Waals surface area contributed by atoms with Crippen LogP contribution in [0, 0.1) is 0 Å². The van der Waals surface area contributed by atoms with Crippen molar-refractivity contribution in [2.24, 2.45) is 0 Å². The molecule has 1 unspecified atom stereocenters. The molecular formula is C23H19ClF3N5O3. The molecule has 5 rings (SSSR count). The zero-order valence-electron chi connectivity index (χ0n) is 18.3. The number of hydrogen-bond acceptors (Lipinski definition) is 5. The highest BCUT2D eigenvalue weighted by molar-refractivity contribution is 6.32. The smallest absolute Gasteiger partial charge is 0.352 e. The van der Waals surface area contributed by atoms with E-state index in [0.29, 0.717) is 5.56 Å². The van der Waals surface area contributed by atoms with Gasteiger partial charge in [-0.2, -0.15) is 13.2 Å². The first-order chi connectivity index (χ1) is 16.5. The fraction of sp³-hybridized carbons (Fsp3) is 0.304. The van der Waals surface area contributed by atoms with Crippen molar-refractivity contribution in [2.75, 3.05) is 5.32 Å². The standard InChI is InChI=1S/C23H19ClF3N5O3/c1-22(5-4-18(33)31-20(22)35)32-10-12-6-11(2-3-13(12)19(32)34)9-28-21-29-16-7-14(23(25,26)27)15(24)8-17(16)30-21/h2-3,6-8H,4-5,9-10H2,1H3,(H2,28,29,30)(H,31,33,35). The number of rotatable bonds is 4. The van der Waals surface area contributed by atoms with Crippen LogP contribution >= 0.6 is 11.6 Å². The summed E-state index contributed by atoms with van der Waals surface area (Å²) >= 11 is 5.76. The van der Waals surface area contributed by atoms with E-state index >= 15 is 0 Å². The van der Waals surface area contributed by atoms with Gasteiger partial charge in [0.1, 0.15) is 5.54 Å². The van der Waals surface area contributed by atoms with Crippen LogP contribution in [0.3, 0.4) is 0 Å². The molecule has 3 aromatic rings. The molecule has 1 aromatic heterocycles. The molecule has 3 amide bonds. The van der Waals surface area contributed by atoms with Crippen molar-refractivity contribution in [2.45, 2.75) is 44.6 Å². The first-order valence-corrected chi connectivity index (χ1v) is 11.1. The number of piperidine rings is 1. The lowest BCUT2D eigenvalue weighted by molar-refractivity contribution is -0.142. The topological polar surface area (TPSA) is 107 Å². The first kappa shape index (κ1) is 23.2. The van der Waals surface area contributed by atoms with Crippen molar-refractivity contribution in [3.63, 3.8) is 0 Å². The van der Waals surface area contributed by atoms with E-state index in [1.165, 1.54) is 4.90 Å². The number of amides is 3. The highest BCUT2D eigenvalue weighted by atomic mass is 35.5. The van der Waals surface area contributed by atoms with Crippen LogP contribution in [-0.4, -0.2) is 38.1 Å². The molecule has 0 radical (unpaired) electrons. The summed E-state index contributed by atoms with van der Waals surface area (Å²) in [5.74, 6) is -0.853. The average Bonchev–Trinajstić information content (AvgIpc) is 3.34. The molecule has 0 saturated carbocycles. The summed E-state index contributed by atoms with van der Waals surface area (Å²) < 4.78 is 39.3. The third-order valence-corrected chi connectivity index (χ3v) is 6.80. The number of carbonyl (C=O) groups excluding carboxylic acids is 3. The van der Waals surface area contributed by atoms with Gasteiger partial charge >= 0.3 is 6.18 Å². The molecule has 12 heteroatoms. The summed E-state index contributed by atoms with van der Waals surface area (Å²) in [5.41, 5.74) is 0.452. The van der Waals surface area contributed by atoms with Crippen LogP contribution in [0.4, 0.5) is 19.1 Å². The van der Waals surface area contributed by atoms with Crippen molar-refractivity contribution in [3.8, 4) is 0 Å². The summed E-state index contributed by atoms with van der Waals surface area (Å²) in [6.07, 6.45) is -4.17. The number of imide groups is 1. The van der Waals surface area contributed by atoms with E-state index in [2.05, 4.69) is 20.6 Å². The number of H-pyrrole nitrogens is 1. The number of hydrogen-bond donors (Lipinski definition) is 3. The highest BCUT2D eigenvalue weighted by Gasteiger charge is 2.48. The highest BCUT2D eigenvalue weighted by Crippen LogP contribution is 2.37. The fourth-order valence-electron chi connectivity index (χ4n) is 4.45. The molecule has 2 aliphatic rings. The van der Waals surface area contributed by atoms with E-state index in [1.807, 2.05) is 6.07 Å². The second-order valence-electron chi connectivity index (χ2n) is 8.82. The van der Waals surface area contributed by atoms with Crippen LogP contribution in [0.2, 0.25) is 5.02 Å². The maximum atomic E-state index is 13.1. The van der Waals surface area contributed by atoms with Crippen LogP contribution in [0.25, 0.3) is 11.0 Å². The van der Waals surface area contributed by atoms with Crippen molar-refractivity contribution in [1.29, 1.82) is 0 Å². The SMILES string of the molecule is CC1(N2Cc3cc(CNc4nc5cc(Cl)c(C(F)(F)F)cc5[nH]4)ccc3C2=O)CCC(=O)NC1=O. The molecule has 3 N–H and O–H groups in total. The summed E-state index contributed by atoms with van der Waals surface area (Å²) in [7, 11) is 0. The average molecular weight is 506 g/mol. The van der Waals surface area contributed by atoms with Gasteiger partial charge in [-0.15, -0.1) is 0 Å². The van der Waals surface area contributed by atoms with Gasteiger partial charge in [-0.1, -0.05) is 23.7 Å². The quantitative estimate of drug-likeness (QED) is 0.465. The van der Waals surface area contributed by atoms with Crippen LogP contribution in [0.15, 0.2) is 30.3 Å². The lowest BCUT2D eigenvalue weighted by Gasteiger charge is -2.39. The Morgan fingerprint density at radius 3 is 2.69 bits per heavy atom. The third-order valence-electron chi connectivity index (χ3n) is 6.49. The number of aromatic amines is 1. The number of halogens is 4. The molecule has 0 aliphatic carbocycles. The van der Waals surface area contributed by atoms with Gasteiger partial charge in [0.15, 0.2) is 0 Å². The molecule has 2 aromatic carbocycles. The summed E-state index contributed by atoms with van der Waals surface area (Å²) in [5, 5.41) is 4.91. The largest absolute Gasteiger partial charge is 0.417 e.